The highest BCUT2D eigenvalue weighted by Gasteiger charge is 2.27. The number of urea groups is 1. The standard InChI is InChI=1S/C13H25N3O2/c1-10(2)12(17)15-6-8-16(9-7-15)13(18)14(5)11(3)4/h10-11H,6-9H2,1-5H3. The van der Waals surface area contributed by atoms with E-state index in [0.717, 1.165) is 0 Å². The zero-order valence-electron chi connectivity index (χ0n) is 12.1. The first kappa shape index (κ1) is 14.8. The van der Waals surface area contributed by atoms with Crippen molar-refractivity contribution in [3.8, 4) is 0 Å². The topological polar surface area (TPSA) is 43.9 Å². The zero-order valence-corrected chi connectivity index (χ0v) is 12.1. The van der Waals surface area contributed by atoms with Crippen LogP contribution >= 0.6 is 0 Å². The molecule has 0 saturated carbocycles. The van der Waals surface area contributed by atoms with E-state index < -0.39 is 0 Å². The van der Waals surface area contributed by atoms with Crippen LogP contribution in [0.1, 0.15) is 27.7 Å². The first-order chi connectivity index (χ1) is 8.34. The van der Waals surface area contributed by atoms with Gasteiger partial charge in [0.15, 0.2) is 0 Å². The first-order valence-corrected chi connectivity index (χ1v) is 6.65. The summed E-state index contributed by atoms with van der Waals surface area (Å²) in [5.41, 5.74) is 0. The van der Waals surface area contributed by atoms with Gasteiger partial charge >= 0.3 is 6.03 Å². The molecule has 104 valence electrons. The maximum absolute atomic E-state index is 12.1. The molecule has 0 aromatic carbocycles. The third kappa shape index (κ3) is 3.37. The van der Waals surface area contributed by atoms with Crippen LogP contribution in [0.5, 0.6) is 0 Å². The van der Waals surface area contributed by atoms with E-state index in [0.29, 0.717) is 26.2 Å². The molecule has 0 aliphatic carbocycles. The van der Waals surface area contributed by atoms with Crippen LogP contribution in [0.25, 0.3) is 0 Å². The predicted molar refractivity (Wildman–Crippen MR) is 71.3 cm³/mol. The molecule has 1 rings (SSSR count). The van der Waals surface area contributed by atoms with Crippen LogP contribution in [-0.2, 0) is 4.79 Å². The van der Waals surface area contributed by atoms with Gasteiger partial charge in [-0.3, -0.25) is 4.79 Å². The van der Waals surface area contributed by atoms with E-state index in [1.54, 1.807) is 4.90 Å². The van der Waals surface area contributed by atoms with Gasteiger partial charge in [-0.15, -0.1) is 0 Å². The van der Waals surface area contributed by atoms with Gasteiger partial charge in [0.2, 0.25) is 5.91 Å². The number of rotatable bonds is 2. The molecule has 0 N–H and O–H groups in total. The second kappa shape index (κ2) is 6.07. The van der Waals surface area contributed by atoms with Crippen molar-refractivity contribution < 1.29 is 9.59 Å². The Hall–Kier alpha value is -1.26. The summed E-state index contributed by atoms with van der Waals surface area (Å²) in [5.74, 6) is 0.213. The van der Waals surface area contributed by atoms with Crippen LogP contribution < -0.4 is 0 Å². The van der Waals surface area contributed by atoms with E-state index in [-0.39, 0.29) is 23.9 Å². The monoisotopic (exact) mass is 255 g/mol. The van der Waals surface area contributed by atoms with Crippen LogP contribution in [0, 0.1) is 5.92 Å². The number of hydrogen-bond acceptors (Lipinski definition) is 2. The van der Waals surface area contributed by atoms with Crippen LogP contribution in [-0.4, -0.2) is 65.9 Å². The average Bonchev–Trinajstić information content (AvgIpc) is 2.36. The fraction of sp³-hybridized carbons (Fsp3) is 0.846. The van der Waals surface area contributed by atoms with Crippen molar-refractivity contribution in [3.05, 3.63) is 0 Å². The van der Waals surface area contributed by atoms with E-state index in [1.807, 2.05) is 44.5 Å². The van der Waals surface area contributed by atoms with Crippen LogP contribution in [0.15, 0.2) is 0 Å². The highest BCUT2D eigenvalue weighted by Crippen LogP contribution is 2.09. The molecule has 1 fully saturated rings. The van der Waals surface area contributed by atoms with Crippen LogP contribution in [0.3, 0.4) is 0 Å². The molecular formula is C13H25N3O2. The molecule has 0 aromatic heterocycles. The maximum Gasteiger partial charge on any atom is 0.320 e. The van der Waals surface area contributed by atoms with Gasteiger partial charge < -0.3 is 14.7 Å². The molecule has 0 spiro atoms. The molecule has 5 heteroatoms. The first-order valence-electron chi connectivity index (χ1n) is 6.65. The Morgan fingerprint density at radius 3 is 1.78 bits per heavy atom. The molecule has 1 saturated heterocycles. The Morgan fingerprint density at radius 2 is 1.39 bits per heavy atom. The fourth-order valence-electron chi connectivity index (χ4n) is 1.93. The van der Waals surface area contributed by atoms with Crippen molar-refractivity contribution in [2.45, 2.75) is 33.7 Å². The van der Waals surface area contributed by atoms with E-state index in [1.165, 1.54) is 0 Å². The molecule has 1 aliphatic rings. The normalized spacial score (nSPS) is 16.4. The summed E-state index contributed by atoms with van der Waals surface area (Å²) in [5, 5.41) is 0. The highest BCUT2D eigenvalue weighted by atomic mass is 16.2. The molecule has 1 heterocycles. The maximum atomic E-state index is 12.1. The number of piperazine rings is 1. The van der Waals surface area contributed by atoms with Gasteiger partial charge in [0, 0.05) is 45.2 Å². The molecule has 0 radical (unpaired) electrons. The van der Waals surface area contributed by atoms with Crippen molar-refractivity contribution in [1.82, 2.24) is 14.7 Å². The Labute approximate surface area is 110 Å². The fourth-order valence-corrected chi connectivity index (χ4v) is 1.93. The quantitative estimate of drug-likeness (QED) is 0.745. The number of hydrogen-bond donors (Lipinski definition) is 0. The van der Waals surface area contributed by atoms with Gasteiger partial charge in [-0.25, -0.2) is 4.79 Å². The largest absolute Gasteiger partial charge is 0.339 e. The average molecular weight is 255 g/mol. The lowest BCUT2D eigenvalue weighted by atomic mass is 10.1. The molecular weight excluding hydrogens is 230 g/mol. The van der Waals surface area contributed by atoms with Gasteiger partial charge in [0.1, 0.15) is 0 Å². The summed E-state index contributed by atoms with van der Waals surface area (Å²) in [6.45, 7) is 10.4. The smallest absolute Gasteiger partial charge is 0.320 e. The van der Waals surface area contributed by atoms with Gasteiger partial charge in [0.05, 0.1) is 0 Å². The van der Waals surface area contributed by atoms with Gasteiger partial charge in [-0.05, 0) is 13.8 Å². The van der Waals surface area contributed by atoms with Crippen LogP contribution in [0.4, 0.5) is 4.79 Å². The Kier molecular flexibility index (Phi) is 4.99. The highest BCUT2D eigenvalue weighted by molar-refractivity contribution is 5.79. The summed E-state index contributed by atoms with van der Waals surface area (Å²) in [7, 11) is 1.82. The molecule has 18 heavy (non-hydrogen) atoms. The molecule has 1 aliphatic heterocycles. The molecule has 0 bridgehead atoms. The molecule has 5 nitrogen and oxygen atoms in total. The number of carbonyl (C=O) groups excluding carboxylic acids is 2. The second-order valence-corrected chi connectivity index (χ2v) is 5.45. The van der Waals surface area contributed by atoms with E-state index in [4.69, 9.17) is 0 Å². The summed E-state index contributed by atoms with van der Waals surface area (Å²) in [6.07, 6.45) is 0. The van der Waals surface area contributed by atoms with Crippen molar-refractivity contribution in [2.75, 3.05) is 33.2 Å². The van der Waals surface area contributed by atoms with Crippen molar-refractivity contribution in [1.29, 1.82) is 0 Å². The Bertz CT molecular complexity index is 307. The number of amides is 3. The van der Waals surface area contributed by atoms with Gasteiger partial charge in [0.25, 0.3) is 0 Å². The third-order valence-corrected chi connectivity index (χ3v) is 3.43. The van der Waals surface area contributed by atoms with Gasteiger partial charge in [-0.1, -0.05) is 13.8 Å². The summed E-state index contributed by atoms with van der Waals surface area (Å²) in [6, 6.07) is 0.259. The summed E-state index contributed by atoms with van der Waals surface area (Å²) >= 11 is 0. The molecule has 0 atom stereocenters. The number of nitrogens with zero attached hydrogens (tertiary/aromatic N) is 3. The Balaban J connectivity index is 2.49. The van der Waals surface area contributed by atoms with E-state index in [2.05, 4.69) is 0 Å². The second-order valence-electron chi connectivity index (χ2n) is 5.45. The van der Waals surface area contributed by atoms with Crippen LogP contribution in [0.2, 0.25) is 0 Å². The van der Waals surface area contributed by atoms with Crippen molar-refractivity contribution >= 4 is 11.9 Å². The minimum Gasteiger partial charge on any atom is -0.339 e. The van der Waals surface area contributed by atoms with Gasteiger partial charge in [-0.2, -0.15) is 0 Å². The third-order valence-electron chi connectivity index (χ3n) is 3.43. The predicted octanol–water partition coefficient (Wildman–Crippen LogP) is 1.25. The Morgan fingerprint density at radius 1 is 0.944 bits per heavy atom. The van der Waals surface area contributed by atoms with E-state index in [9.17, 15) is 9.59 Å². The van der Waals surface area contributed by atoms with Crippen molar-refractivity contribution in [3.63, 3.8) is 0 Å². The summed E-state index contributed by atoms with van der Waals surface area (Å²) in [4.78, 5) is 29.3. The number of carbonyl (C=O) groups is 2. The minimum absolute atomic E-state index is 0.0330. The summed E-state index contributed by atoms with van der Waals surface area (Å²) < 4.78 is 0. The zero-order chi connectivity index (χ0) is 13.9. The lowest BCUT2D eigenvalue weighted by Crippen LogP contribution is -2.54. The SMILES string of the molecule is CC(C)C(=O)N1CCN(C(=O)N(C)C(C)C)CC1. The molecule has 3 amide bonds. The minimum atomic E-state index is 0.0330. The molecule has 0 unspecified atom stereocenters. The lowest BCUT2D eigenvalue weighted by Gasteiger charge is -2.38. The molecule has 0 aromatic rings. The van der Waals surface area contributed by atoms with E-state index >= 15 is 0 Å². The lowest BCUT2D eigenvalue weighted by molar-refractivity contribution is -0.135. The van der Waals surface area contributed by atoms with Crippen molar-refractivity contribution in [2.24, 2.45) is 5.92 Å².